The van der Waals surface area contributed by atoms with Crippen molar-refractivity contribution in [2.45, 2.75) is 13.1 Å². The maximum atomic E-state index is 8.65. The highest BCUT2D eigenvalue weighted by Gasteiger charge is 2.02. The lowest BCUT2D eigenvalue weighted by Crippen LogP contribution is -2.15. The van der Waals surface area contributed by atoms with E-state index in [4.69, 9.17) is 10.9 Å². The summed E-state index contributed by atoms with van der Waals surface area (Å²) in [4.78, 5) is 1.27. The number of halogens is 1. The lowest BCUT2D eigenvalue weighted by atomic mass is 10.1. The Kier molecular flexibility index (Phi) is 4.95. The van der Waals surface area contributed by atoms with Crippen molar-refractivity contribution in [3.63, 3.8) is 0 Å². The van der Waals surface area contributed by atoms with Crippen LogP contribution in [-0.4, -0.2) is 11.0 Å². The SMILES string of the molecule is NC(=NO)c1cccc(CNCc2sccc2Br)c1. The van der Waals surface area contributed by atoms with Gasteiger partial charge in [-0.2, -0.15) is 0 Å². The second-order valence-corrected chi connectivity index (χ2v) is 5.84. The van der Waals surface area contributed by atoms with E-state index in [0.29, 0.717) is 0 Å². The Hall–Kier alpha value is -1.37. The maximum absolute atomic E-state index is 8.65. The number of nitrogens with one attached hydrogen (secondary N) is 1. The summed E-state index contributed by atoms with van der Waals surface area (Å²) < 4.78 is 1.13. The normalized spacial score (nSPS) is 11.7. The van der Waals surface area contributed by atoms with Crippen molar-refractivity contribution in [3.05, 3.63) is 56.2 Å². The second-order valence-electron chi connectivity index (χ2n) is 3.98. The minimum absolute atomic E-state index is 0.128. The Morgan fingerprint density at radius 1 is 1.37 bits per heavy atom. The molecule has 0 atom stereocenters. The van der Waals surface area contributed by atoms with E-state index in [1.54, 1.807) is 11.3 Å². The molecular weight excluding hydrogens is 326 g/mol. The van der Waals surface area contributed by atoms with Crippen LogP contribution >= 0.6 is 27.3 Å². The van der Waals surface area contributed by atoms with Crippen LogP contribution in [0.25, 0.3) is 0 Å². The van der Waals surface area contributed by atoms with Gasteiger partial charge in [0.1, 0.15) is 0 Å². The fraction of sp³-hybridized carbons (Fsp3) is 0.154. The fourth-order valence-corrected chi connectivity index (χ4v) is 3.13. The van der Waals surface area contributed by atoms with Crippen LogP contribution in [0.3, 0.4) is 0 Å². The summed E-state index contributed by atoms with van der Waals surface area (Å²) in [5.41, 5.74) is 7.38. The lowest BCUT2D eigenvalue weighted by Gasteiger charge is -2.06. The molecule has 0 unspecified atom stereocenters. The first-order valence-corrected chi connectivity index (χ1v) is 7.37. The van der Waals surface area contributed by atoms with Crippen molar-refractivity contribution in [1.82, 2.24) is 5.32 Å². The number of nitrogens with two attached hydrogens (primary N) is 1. The van der Waals surface area contributed by atoms with E-state index >= 15 is 0 Å². The molecular formula is C13H14BrN3OS. The molecule has 0 saturated heterocycles. The highest BCUT2D eigenvalue weighted by molar-refractivity contribution is 9.10. The van der Waals surface area contributed by atoms with Gasteiger partial charge >= 0.3 is 0 Å². The average molecular weight is 340 g/mol. The molecule has 0 aliphatic heterocycles. The first-order valence-electron chi connectivity index (χ1n) is 5.70. The van der Waals surface area contributed by atoms with E-state index in [2.05, 4.69) is 31.8 Å². The van der Waals surface area contributed by atoms with Gasteiger partial charge in [-0.15, -0.1) is 11.3 Å². The predicted molar refractivity (Wildman–Crippen MR) is 81.5 cm³/mol. The van der Waals surface area contributed by atoms with Crippen LogP contribution in [0.2, 0.25) is 0 Å². The first kappa shape index (κ1) is 14.0. The zero-order valence-electron chi connectivity index (χ0n) is 10.1. The topological polar surface area (TPSA) is 70.6 Å². The first-order chi connectivity index (χ1) is 9.20. The Morgan fingerprint density at radius 2 is 2.21 bits per heavy atom. The third kappa shape index (κ3) is 3.79. The zero-order chi connectivity index (χ0) is 13.7. The number of hydrogen-bond acceptors (Lipinski definition) is 4. The molecule has 1 aromatic carbocycles. The van der Waals surface area contributed by atoms with E-state index in [1.807, 2.05) is 30.3 Å². The highest BCUT2D eigenvalue weighted by Crippen LogP contribution is 2.22. The van der Waals surface area contributed by atoms with Gasteiger partial charge in [0.2, 0.25) is 0 Å². The molecule has 0 saturated carbocycles. The molecule has 1 heterocycles. The zero-order valence-corrected chi connectivity index (χ0v) is 12.5. The van der Waals surface area contributed by atoms with E-state index in [9.17, 15) is 0 Å². The highest BCUT2D eigenvalue weighted by atomic mass is 79.9. The van der Waals surface area contributed by atoms with Crippen molar-refractivity contribution >= 4 is 33.1 Å². The Balaban J connectivity index is 1.95. The molecule has 0 aliphatic rings. The summed E-state index contributed by atoms with van der Waals surface area (Å²) in [7, 11) is 0. The van der Waals surface area contributed by atoms with E-state index in [-0.39, 0.29) is 5.84 Å². The minimum Gasteiger partial charge on any atom is -0.409 e. The van der Waals surface area contributed by atoms with Gasteiger partial charge in [-0.05, 0) is 39.0 Å². The quantitative estimate of drug-likeness (QED) is 0.339. The number of nitrogens with zero attached hydrogens (tertiary/aromatic N) is 1. The van der Waals surface area contributed by atoms with Crippen LogP contribution in [0, 0.1) is 0 Å². The molecule has 4 N–H and O–H groups in total. The van der Waals surface area contributed by atoms with E-state index < -0.39 is 0 Å². The number of hydrogen-bond donors (Lipinski definition) is 3. The molecule has 19 heavy (non-hydrogen) atoms. The van der Waals surface area contributed by atoms with Crippen molar-refractivity contribution in [1.29, 1.82) is 0 Å². The Bertz CT molecular complexity index is 583. The van der Waals surface area contributed by atoms with E-state index in [1.165, 1.54) is 4.88 Å². The molecule has 0 aliphatic carbocycles. The molecule has 0 radical (unpaired) electrons. The van der Waals surface area contributed by atoms with Crippen LogP contribution in [0.5, 0.6) is 0 Å². The molecule has 0 amide bonds. The number of rotatable bonds is 5. The number of benzene rings is 1. The van der Waals surface area contributed by atoms with Crippen molar-refractivity contribution < 1.29 is 5.21 Å². The van der Waals surface area contributed by atoms with Gasteiger partial charge in [-0.25, -0.2) is 0 Å². The summed E-state index contributed by atoms with van der Waals surface area (Å²) in [6.07, 6.45) is 0. The third-order valence-corrected chi connectivity index (χ3v) is 4.56. The molecule has 0 spiro atoms. The molecule has 2 aromatic rings. The maximum Gasteiger partial charge on any atom is 0.170 e. The van der Waals surface area contributed by atoms with Crippen LogP contribution in [0.4, 0.5) is 0 Å². The third-order valence-electron chi connectivity index (χ3n) is 2.64. The van der Waals surface area contributed by atoms with Crippen LogP contribution < -0.4 is 11.1 Å². The molecule has 0 fully saturated rings. The lowest BCUT2D eigenvalue weighted by molar-refractivity contribution is 0.318. The van der Waals surface area contributed by atoms with Gasteiger partial charge < -0.3 is 16.3 Å². The number of oxime groups is 1. The average Bonchev–Trinajstić information content (AvgIpc) is 2.84. The summed E-state index contributed by atoms with van der Waals surface area (Å²) in [5, 5.41) is 17.1. The Morgan fingerprint density at radius 3 is 2.89 bits per heavy atom. The molecule has 2 rings (SSSR count). The van der Waals surface area contributed by atoms with Crippen molar-refractivity contribution in [2.75, 3.05) is 0 Å². The summed E-state index contributed by atoms with van der Waals surface area (Å²) in [6.45, 7) is 1.54. The largest absolute Gasteiger partial charge is 0.409 e. The molecule has 100 valence electrons. The van der Waals surface area contributed by atoms with Crippen molar-refractivity contribution in [2.24, 2.45) is 10.9 Å². The minimum atomic E-state index is 0.128. The predicted octanol–water partition coefficient (Wildman–Crippen LogP) is 2.89. The van der Waals surface area contributed by atoms with E-state index in [0.717, 1.165) is 28.7 Å². The second kappa shape index (κ2) is 6.70. The monoisotopic (exact) mass is 339 g/mol. The van der Waals surface area contributed by atoms with Gasteiger partial charge in [0, 0.05) is 28.0 Å². The fourth-order valence-electron chi connectivity index (χ4n) is 1.67. The summed E-state index contributed by atoms with van der Waals surface area (Å²) in [6, 6.07) is 9.66. The summed E-state index contributed by atoms with van der Waals surface area (Å²) in [5.74, 6) is 0.128. The molecule has 6 heteroatoms. The summed E-state index contributed by atoms with van der Waals surface area (Å²) >= 11 is 5.22. The van der Waals surface area contributed by atoms with Crippen LogP contribution in [0.1, 0.15) is 16.0 Å². The van der Waals surface area contributed by atoms with Crippen LogP contribution in [-0.2, 0) is 13.1 Å². The number of thiophene rings is 1. The van der Waals surface area contributed by atoms with Crippen LogP contribution in [0.15, 0.2) is 45.3 Å². The number of amidine groups is 1. The van der Waals surface area contributed by atoms with Gasteiger partial charge in [0.05, 0.1) is 0 Å². The molecule has 1 aromatic heterocycles. The Labute approximate surface area is 124 Å². The smallest absolute Gasteiger partial charge is 0.170 e. The molecule has 4 nitrogen and oxygen atoms in total. The van der Waals surface area contributed by atoms with Crippen molar-refractivity contribution in [3.8, 4) is 0 Å². The van der Waals surface area contributed by atoms with Gasteiger partial charge in [0.15, 0.2) is 5.84 Å². The van der Waals surface area contributed by atoms with Gasteiger partial charge in [-0.3, -0.25) is 0 Å². The van der Waals surface area contributed by atoms with Gasteiger partial charge in [-0.1, -0.05) is 23.4 Å². The van der Waals surface area contributed by atoms with Gasteiger partial charge in [0.25, 0.3) is 0 Å². The molecule has 0 bridgehead atoms. The standard InChI is InChI=1S/C13H14BrN3OS/c14-11-4-5-19-12(11)8-16-7-9-2-1-3-10(6-9)13(15)17-18/h1-6,16,18H,7-8H2,(H2,15,17).